The third-order valence-corrected chi connectivity index (χ3v) is 4.32. The summed E-state index contributed by atoms with van der Waals surface area (Å²) < 4.78 is 16.8. The molecule has 0 amide bonds. The van der Waals surface area contributed by atoms with Crippen molar-refractivity contribution in [3.05, 3.63) is 0 Å². The van der Waals surface area contributed by atoms with Crippen LogP contribution in [-0.4, -0.2) is 50.6 Å². The summed E-state index contributed by atoms with van der Waals surface area (Å²) in [4.78, 5) is 12.5. The van der Waals surface area contributed by atoms with Gasteiger partial charge in [0.15, 0.2) is 0 Å². The Hall–Kier alpha value is -0.650. The zero-order chi connectivity index (χ0) is 15.1. The maximum Gasteiger partial charge on any atom is 0.329 e. The van der Waals surface area contributed by atoms with Crippen LogP contribution in [0.3, 0.4) is 0 Å². The van der Waals surface area contributed by atoms with E-state index >= 15 is 0 Å². The molecule has 0 aromatic rings. The van der Waals surface area contributed by atoms with E-state index in [4.69, 9.17) is 14.2 Å². The fraction of sp³-hybridized carbons (Fsp3) is 0.938. The minimum Gasteiger partial charge on any atom is -0.465 e. The molecule has 1 heterocycles. The highest BCUT2D eigenvalue weighted by molar-refractivity contribution is 5.82. The Bertz CT molecular complexity index is 326. The van der Waals surface area contributed by atoms with Crippen molar-refractivity contribution >= 4 is 5.97 Å². The van der Waals surface area contributed by atoms with Gasteiger partial charge in [-0.3, -0.25) is 5.32 Å². The van der Waals surface area contributed by atoms with Crippen LogP contribution in [0.15, 0.2) is 0 Å². The SMILES string of the molecule is CCCNC(COC1CCOCC1)(C(=O)OCC)C1CC1. The Morgan fingerprint density at radius 3 is 2.52 bits per heavy atom. The number of rotatable bonds is 9. The van der Waals surface area contributed by atoms with Crippen molar-refractivity contribution in [2.75, 3.05) is 33.0 Å². The molecule has 2 fully saturated rings. The van der Waals surface area contributed by atoms with Crippen LogP contribution in [0.2, 0.25) is 0 Å². The first-order valence-corrected chi connectivity index (χ1v) is 8.34. The van der Waals surface area contributed by atoms with Crippen molar-refractivity contribution in [1.82, 2.24) is 5.32 Å². The molecular formula is C16H29NO4. The third kappa shape index (κ3) is 4.41. The Balaban J connectivity index is 1.99. The summed E-state index contributed by atoms with van der Waals surface area (Å²) in [7, 11) is 0. The Kier molecular flexibility index (Phi) is 6.45. The highest BCUT2D eigenvalue weighted by Crippen LogP contribution is 2.41. The molecule has 122 valence electrons. The van der Waals surface area contributed by atoms with E-state index in [1.165, 1.54) is 0 Å². The molecule has 0 radical (unpaired) electrons. The van der Waals surface area contributed by atoms with Gasteiger partial charge >= 0.3 is 5.97 Å². The summed E-state index contributed by atoms with van der Waals surface area (Å²) in [6.07, 6.45) is 5.17. The van der Waals surface area contributed by atoms with Crippen molar-refractivity contribution in [1.29, 1.82) is 0 Å². The standard InChI is InChI=1S/C16H29NO4/c1-3-9-17-16(13-5-6-13,15(18)20-4-2)12-21-14-7-10-19-11-8-14/h13-14,17H,3-12H2,1-2H3. The second-order valence-electron chi connectivity index (χ2n) is 6.02. The number of nitrogens with one attached hydrogen (secondary N) is 1. The highest BCUT2D eigenvalue weighted by Gasteiger charge is 2.52. The molecule has 0 aromatic carbocycles. The summed E-state index contributed by atoms with van der Waals surface area (Å²) in [5.41, 5.74) is -0.648. The lowest BCUT2D eigenvalue weighted by Crippen LogP contribution is -2.59. The van der Waals surface area contributed by atoms with Gasteiger partial charge in [0.05, 0.1) is 19.3 Å². The van der Waals surface area contributed by atoms with Gasteiger partial charge in [0, 0.05) is 13.2 Å². The van der Waals surface area contributed by atoms with Crippen LogP contribution in [0.4, 0.5) is 0 Å². The molecule has 0 aromatic heterocycles. The Labute approximate surface area is 127 Å². The number of esters is 1. The van der Waals surface area contributed by atoms with Crippen LogP contribution in [-0.2, 0) is 19.0 Å². The van der Waals surface area contributed by atoms with E-state index in [9.17, 15) is 4.79 Å². The van der Waals surface area contributed by atoms with Crippen molar-refractivity contribution < 1.29 is 19.0 Å². The molecule has 1 saturated carbocycles. The second kappa shape index (κ2) is 8.11. The lowest BCUT2D eigenvalue weighted by atomic mass is 9.93. The van der Waals surface area contributed by atoms with Gasteiger partial charge in [-0.15, -0.1) is 0 Å². The van der Waals surface area contributed by atoms with E-state index in [0.717, 1.165) is 51.9 Å². The maximum absolute atomic E-state index is 12.5. The molecule has 5 nitrogen and oxygen atoms in total. The summed E-state index contributed by atoms with van der Waals surface area (Å²) in [5.74, 6) is 0.205. The first-order valence-electron chi connectivity index (χ1n) is 8.34. The summed E-state index contributed by atoms with van der Waals surface area (Å²) >= 11 is 0. The van der Waals surface area contributed by atoms with Gasteiger partial charge in [-0.25, -0.2) is 4.79 Å². The summed E-state index contributed by atoms with van der Waals surface area (Å²) in [6, 6.07) is 0. The predicted molar refractivity (Wildman–Crippen MR) is 80.2 cm³/mol. The molecule has 5 heteroatoms. The predicted octanol–water partition coefficient (Wildman–Crippen LogP) is 1.89. The maximum atomic E-state index is 12.5. The number of hydrogen-bond donors (Lipinski definition) is 1. The van der Waals surface area contributed by atoms with Gasteiger partial charge in [0.1, 0.15) is 5.54 Å². The van der Waals surface area contributed by atoms with Crippen molar-refractivity contribution in [3.63, 3.8) is 0 Å². The Morgan fingerprint density at radius 1 is 1.24 bits per heavy atom. The third-order valence-electron chi connectivity index (χ3n) is 4.32. The van der Waals surface area contributed by atoms with Gasteiger partial charge < -0.3 is 14.2 Å². The fourth-order valence-electron chi connectivity index (χ4n) is 2.89. The van der Waals surface area contributed by atoms with Gasteiger partial charge in [-0.2, -0.15) is 0 Å². The largest absolute Gasteiger partial charge is 0.465 e. The van der Waals surface area contributed by atoms with E-state index in [0.29, 0.717) is 19.1 Å². The average Bonchev–Trinajstić information content (AvgIpc) is 3.34. The highest BCUT2D eigenvalue weighted by atomic mass is 16.5. The van der Waals surface area contributed by atoms with Crippen LogP contribution in [0.5, 0.6) is 0 Å². The topological polar surface area (TPSA) is 56.8 Å². The Morgan fingerprint density at radius 2 is 1.95 bits per heavy atom. The number of ether oxygens (including phenoxy) is 3. The van der Waals surface area contributed by atoms with Gasteiger partial charge in [0.2, 0.25) is 0 Å². The minimum absolute atomic E-state index is 0.145. The van der Waals surface area contributed by atoms with Crippen molar-refractivity contribution in [3.8, 4) is 0 Å². The first kappa shape index (κ1) is 16.7. The van der Waals surface area contributed by atoms with Gasteiger partial charge in [-0.05, 0) is 51.5 Å². The molecule has 1 N–H and O–H groups in total. The second-order valence-corrected chi connectivity index (χ2v) is 6.02. The van der Waals surface area contributed by atoms with Crippen LogP contribution in [0, 0.1) is 5.92 Å². The van der Waals surface area contributed by atoms with Gasteiger partial charge in [-0.1, -0.05) is 6.92 Å². The van der Waals surface area contributed by atoms with Crippen molar-refractivity contribution in [2.24, 2.45) is 5.92 Å². The molecular weight excluding hydrogens is 270 g/mol. The monoisotopic (exact) mass is 299 g/mol. The molecule has 0 spiro atoms. The molecule has 1 unspecified atom stereocenters. The summed E-state index contributed by atoms with van der Waals surface area (Å²) in [6.45, 7) is 7.11. The number of carbonyl (C=O) groups is 1. The van der Waals surface area contributed by atoms with E-state index < -0.39 is 5.54 Å². The first-order chi connectivity index (χ1) is 10.2. The zero-order valence-corrected chi connectivity index (χ0v) is 13.4. The fourth-order valence-corrected chi connectivity index (χ4v) is 2.89. The molecule has 1 aliphatic heterocycles. The number of hydrogen-bond acceptors (Lipinski definition) is 5. The molecule has 1 atom stereocenters. The quantitative estimate of drug-likeness (QED) is 0.659. The average molecular weight is 299 g/mol. The molecule has 1 aliphatic carbocycles. The lowest BCUT2D eigenvalue weighted by molar-refractivity contribution is -0.158. The summed E-state index contributed by atoms with van der Waals surface area (Å²) in [5, 5.41) is 3.44. The van der Waals surface area contributed by atoms with Crippen LogP contribution >= 0.6 is 0 Å². The van der Waals surface area contributed by atoms with Crippen molar-refractivity contribution in [2.45, 2.75) is 57.6 Å². The zero-order valence-electron chi connectivity index (χ0n) is 13.4. The minimum atomic E-state index is -0.648. The van der Waals surface area contributed by atoms with E-state index in [1.807, 2.05) is 6.92 Å². The smallest absolute Gasteiger partial charge is 0.329 e. The van der Waals surface area contributed by atoms with E-state index in [1.54, 1.807) is 0 Å². The van der Waals surface area contributed by atoms with E-state index in [2.05, 4.69) is 12.2 Å². The molecule has 0 bridgehead atoms. The molecule has 1 saturated heterocycles. The van der Waals surface area contributed by atoms with Crippen LogP contribution in [0.1, 0.15) is 46.0 Å². The number of carbonyl (C=O) groups excluding carboxylic acids is 1. The normalized spacial score (nSPS) is 22.8. The van der Waals surface area contributed by atoms with Crippen LogP contribution in [0.25, 0.3) is 0 Å². The molecule has 2 aliphatic rings. The van der Waals surface area contributed by atoms with Gasteiger partial charge in [0.25, 0.3) is 0 Å². The lowest BCUT2D eigenvalue weighted by Gasteiger charge is -2.34. The van der Waals surface area contributed by atoms with E-state index in [-0.39, 0.29) is 12.1 Å². The van der Waals surface area contributed by atoms with Crippen LogP contribution < -0.4 is 5.32 Å². The molecule has 2 rings (SSSR count). The molecule has 21 heavy (non-hydrogen) atoms.